The Morgan fingerprint density at radius 2 is 1.67 bits per heavy atom. The van der Waals surface area contributed by atoms with Gasteiger partial charge in [0.2, 0.25) is 5.91 Å². The first kappa shape index (κ1) is 34.1. The highest BCUT2D eigenvalue weighted by atomic mass is 31.2. The average molecular weight is 619 g/mol. The standard InChI is InChI=1S/C29H43N6O7P/c1-5-41-43(40,42-6-2)21-24(29(39)35-18-16-34(17-19-35)15-11-10-14-26(36)37)31-28(38)23-20-25(33(3)4)32-27(30-23)22-12-8-7-9-13-22/h7-9,12-13,20,24H,5-6,10-11,14-19,21H2,1-4H3,(H,31,38)(H,36,37)/t24-/m0/s1. The van der Waals surface area contributed by atoms with Crippen molar-refractivity contribution in [1.82, 2.24) is 25.1 Å². The van der Waals surface area contributed by atoms with Crippen molar-refractivity contribution < 1.29 is 33.1 Å². The zero-order chi connectivity index (χ0) is 31.4. The fraction of sp³-hybridized carbons (Fsp3) is 0.552. The normalized spacial score (nSPS) is 14.7. The summed E-state index contributed by atoms with van der Waals surface area (Å²) >= 11 is 0. The molecule has 1 aromatic heterocycles. The molecule has 13 nitrogen and oxygen atoms in total. The molecule has 2 heterocycles. The molecule has 0 spiro atoms. The number of aliphatic carboxylic acids is 1. The number of nitrogens with zero attached hydrogens (tertiary/aromatic N) is 5. The Morgan fingerprint density at radius 1 is 1.02 bits per heavy atom. The molecule has 236 valence electrons. The summed E-state index contributed by atoms with van der Waals surface area (Å²) in [6.45, 7) is 6.38. The van der Waals surface area contributed by atoms with E-state index in [9.17, 15) is 18.9 Å². The smallest absolute Gasteiger partial charge is 0.333 e. The summed E-state index contributed by atoms with van der Waals surface area (Å²) in [6, 6.07) is 9.61. The maximum atomic E-state index is 13.8. The maximum Gasteiger partial charge on any atom is 0.333 e. The number of carboxylic acid groups (broad SMARTS) is 1. The number of unbranched alkanes of at least 4 members (excludes halogenated alkanes) is 1. The summed E-state index contributed by atoms with van der Waals surface area (Å²) < 4.78 is 24.5. The Hall–Kier alpha value is -3.38. The summed E-state index contributed by atoms with van der Waals surface area (Å²) in [5.41, 5.74) is 0.787. The lowest BCUT2D eigenvalue weighted by atomic mass is 10.2. The van der Waals surface area contributed by atoms with E-state index >= 15 is 0 Å². The van der Waals surface area contributed by atoms with Crippen molar-refractivity contribution in [3.05, 3.63) is 42.1 Å². The average Bonchev–Trinajstić information content (AvgIpc) is 2.99. The van der Waals surface area contributed by atoms with Gasteiger partial charge in [-0.25, -0.2) is 9.97 Å². The molecule has 1 aliphatic rings. The predicted octanol–water partition coefficient (Wildman–Crippen LogP) is 2.97. The molecular formula is C29H43N6O7P. The Kier molecular flexibility index (Phi) is 13.1. The molecule has 1 aliphatic heterocycles. The first-order valence-corrected chi connectivity index (χ1v) is 16.3. The van der Waals surface area contributed by atoms with Crippen molar-refractivity contribution in [3.8, 4) is 11.4 Å². The van der Waals surface area contributed by atoms with Crippen molar-refractivity contribution >= 4 is 31.2 Å². The monoisotopic (exact) mass is 618 g/mol. The number of carbonyl (C=O) groups is 3. The van der Waals surface area contributed by atoms with E-state index in [-0.39, 0.29) is 37.4 Å². The molecule has 0 saturated carbocycles. The summed E-state index contributed by atoms with van der Waals surface area (Å²) in [7, 11) is -0.105. The molecule has 2 amide bonds. The van der Waals surface area contributed by atoms with Crippen molar-refractivity contribution in [3.63, 3.8) is 0 Å². The van der Waals surface area contributed by atoms with Crippen LogP contribution in [0.25, 0.3) is 11.4 Å². The lowest BCUT2D eigenvalue weighted by molar-refractivity contribution is -0.137. The van der Waals surface area contributed by atoms with Crippen LogP contribution in [-0.4, -0.2) is 115 Å². The second-order valence-electron chi connectivity index (χ2n) is 10.4. The minimum absolute atomic E-state index is 0.0594. The Labute approximate surface area is 253 Å². The number of amides is 2. The van der Waals surface area contributed by atoms with Crippen LogP contribution in [0.4, 0.5) is 5.82 Å². The van der Waals surface area contributed by atoms with E-state index in [0.29, 0.717) is 44.2 Å². The third-order valence-electron chi connectivity index (χ3n) is 6.90. The number of carbonyl (C=O) groups excluding carboxylic acids is 2. The Balaban J connectivity index is 1.81. The molecule has 1 aromatic carbocycles. The van der Waals surface area contributed by atoms with Crippen molar-refractivity contribution in [2.45, 2.75) is 39.2 Å². The number of hydrogen-bond donors (Lipinski definition) is 2. The molecular weight excluding hydrogens is 575 g/mol. The van der Waals surface area contributed by atoms with Gasteiger partial charge in [0.05, 0.1) is 19.4 Å². The number of rotatable bonds is 16. The zero-order valence-corrected chi connectivity index (χ0v) is 26.3. The highest BCUT2D eigenvalue weighted by Crippen LogP contribution is 2.48. The topological polar surface area (TPSA) is 154 Å². The fourth-order valence-corrected chi connectivity index (χ4v) is 6.46. The van der Waals surface area contributed by atoms with E-state index in [1.54, 1.807) is 37.7 Å². The first-order valence-electron chi connectivity index (χ1n) is 14.6. The van der Waals surface area contributed by atoms with Crippen molar-refractivity contribution in [2.24, 2.45) is 0 Å². The van der Waals surface area contributed by atoms with Gasteiger partial charge >= 0.3 is 13.6 Å². The number of benzene rings is 1. The summed E-state index contributed by atoms with van der Waals surface area (Å²) in [5.74, 6) is -0.943. The Morgan fingerprint density at radius 3 is 2.26 bits per heavy atom. The first-order chi connectivity index (χ1) is 20.5. The number of hydrogen-bond acceptors (Lipinski definition) is 10. The molecule has 1 atom stereocenters. The second-order valence-corrected chi connectivity index (χ2v) is 12.5. The van der Waals surface area contributed by atoms with Crippen LogP contribution in [0.5, 0.6) is 0 Å². The lowest BCUT2D eigenvalue weighted by Crippen LogP contribution is -2.56. The number of carboxylic acids is 1. The van der Waals surface area contributed by atoms with Crippen LogP contribution >= 0.6 is 7.60 Å². The van der Waals surface area contributed by atoms with Crippen molar-refractivity contribution in [1.29, 1.82) is 0 Å². The van der Waals surface area contributed by atoms with E-state index in [1.807, 2.05) is 30.3 Å². The molecule has 2 N–H and O–H groups in total. The van der Waals surface area contributed by atoms with Gasteiger partial charge in [0, 0.05) is 58.3 Å². The molecule has 3 rings (SSSR count). The van der Waals surface area contributed by atoms with Crippen LogP contribution in [-0.2, 0) is 23.2 Å². The number of aromatic nitrogens is 2. The highest BCUT2D eigenvalue weighted by molar-refractivity contribution is 7.54. The second kappa shape index (κ2) is 16.5. The number of piperazine rings is 1. The third-order valence-corrected chi connectivity index (χ3v) is 9.01. The molecule has 1 saturated heterocycles. The van der Waals surface area contributed by atoms with Gasteiger partial charge in [-0.15, -0.1) is 0 Å². The zero-order valence-electron chi connectivity index (χ0n) is 25.4. The SMILES string of the molecule is CCOP(=O)(C[C@H](NC(=O)c1cc(N(C)C)nc(-c2ccccc2)n1)C(=O)N1CCN(CCCCC(=O)O)CC1)OCC. The third kappa shape index (κ3) is 10.4. The van der Waals surface area contributed by atoms with Gasteiger partial charge in [-0.05, 0) is 33.2 Å². The maximum absolute atomic E-state index is 13.8. The molecule has 2 aromatic rings. The van der Waals surface area contributed by atoms with Gasteiger partial charge in [0.25, 0.3) is 5.91 Å². The Bertz CT molecular complexity index is 1260. The molecule has 0 unspecified atom stereocenters. The van der Waals surface area contributed by atoms with Crippen LogP contribution in [0.1, 0.15) is 43.6 Å². The van der Waals surface area contributed by atoms with Gasteiger partial charge in [-0.1, -0.05) is 30.3 Å². The summed E-state index contributed by atoms with van der Waals surface area (Å²) in [5, 5.41) is 11.6. The largest absolute Gasteiger partial charge is 0.481 e. The minimum atomic E-state index is -3.71. The van der Waals surface area contributed by atoms with Gasteiger partial charge in [-0.3, -0.25) is 23.8 Å². The van der Waals surface area contributed by atoms with Gasteiger partial charge in [0.15, 0.2) is 5.82 Å². The minimum Gasteiger partial charge on any atom is -0.481 e. The highest BCUT2D eigenvalue weighted by Gasteiger charge is 2.37. The molecule has 0 aliphatic carbocycles. The molecule has 1 fully saturated rings. The van der Waals surface area contributed by atoms with Crippen LogP contribution in [0, 0.1) is 0 Å². The van der Waals surface area contributed by atoms with E-state index in [4.69, 9.17) is 14.2 Å². The van der Waals surface area contributed by atoms with Crippen LogP contribution < -0.4 is 10.2 Å². The quantitative estimate of drug-likeness (QED) is 0.211. The molecule has 14 heteroatoms. The summed E-state index contributed by atoms with van der Waals surface area (Å²) in [6.07, 6.45) is 1.15. The number of anilines is 1. The lowest BCUT2D eigenvalue weighted by Gasteiger charge is -2.37. The summed E-state index contributed by atoms with van der Waals surface area (Å²) in [4.78, 5) is 52.9. The van der Waals surface area contributed by atoms with E-state index in [0.717, 1.165) is 18.5 Å². The van der Waals surface area contributed by atoms with E-state index in [1.165, 1.54) is 6.07 Å². The van der Waals surface area contributed by atoms with Crippen LogP contribution in [0.15, 0.2) is 36.4 Å². The number of nitrogens with one attached hydrogen (secondary N) is 1. The fourth-order valence-electron chi connectivity index (χ4n) is 4.70. The van der Waals surface area contributed by atoms with Gasteiger partial charge in [0.1, 0.15) is 17.6 Å². The van der Waals surface area contributed by atoms with Crippen LogP contribution in [0.2, 0.25) is 0 Å². The molecule has 43 heavy (non-hydrogen) atoms. The van der Waals surface area contributed by atoms with Gasteiger partial charge < -0.3 is 29.3 Å². The molecule has 0 bridgehead atoms. The predicted molar refractivity (Wildman–Crippen MR) is 163 cm³/mol. The van der Waals surface area contributed by atoms with Gasteiger partial charge in [-0.2, -0.15) is 0 Å². The molecule has 0 radical (unpaired) electrons. The van der Waals surface area contributed by atoms with Crippen LogP contribution in [0.3, 0.4) is 0 Å². The van der Waals surface area contributed by atoms with E-state index < -0.39 is 25.5 Å². The van der Waals surface area contributed by atoms with E-state index in [2.05, 4.69) is 20.2 Å². The van der Waals surface area contributed by atoms with Crippen molar-refractivity contribution in [2.75, 3.05) is 71.1 Å².